The van der Waals surface area contributed by atoms with Crippen LogP contribution in [0.2, 0.25) is 0 Å². The van der Waals surface area contributed by atoms with E-state index in [2.05, 4.69) is 16.1 Å². The molecule has 1 heterocycles. The summed E-state index contributed by atoms with van der Waals surface area (Å²) in [7, 11) is 0. The molecule has 1 aliphatic heterocycles. The highest BCUT2D eigenvalue weighted by Crippen LogP contribution is 2.29. The largest absolute Gasteiger partial charge is 0.272 e. The molecule has 3 rings (SSSR count). The van der Waals surface area contributed by atoms with Crippen LogP contribution < -0.4 is 0 Å². The van der Waals surface area contributed by atoms with Crippen LogP contribution in [0.1, 0.15) is 47.1 Å². The molecule has 0 saturated heterocycles. The standard InChI is InChI=1S/C21H21BrN2O3/c1-21(2,3)24(22)20(27)17(13-14-9-5-4-6-10-14)23-18(25)15-11-7-8-12-16(15)19(23)26/h4-12,17H,13H2,1-3H3/t17-/m0/s1. The van der Waals surface area contributed by atoms with E-state index in [1.54, 1.807) is 24.3 Å². The number of rotatable bonds is 4. The van der Waals surface area contributed by atoms with Gasteiger partial charge >= 0.3 is 0 Å². The van der Waals surface area contributed by atoms with Crippen LogP contribution in [0.4, 0.5) is 0 Å². The molecule has 0 saturated carbocycles. The van der Waals surface area contributed by atoms with Gasteiger partial charge in [-0.1, -0.05) is 42.5 Å². The third-order valence-electron chi connectivity index (χ3n) is 4.48. The zero-order chi connectivity index (χ0) is 19.8. The van der Waals surface area contributed by atoms with Crippen LogP contribution >= 0.6 is 16.1 Å². The van der Waals surface area contributed by atoms with Gasteiger partial charge in [-0.3, -0.25) is 23.2 Å². The Hall–Kier alpha value is -2.47. The lowest BCUT2D eigenvalue weighted by Gasteiger charge is -2.35. The number of hydrogen-bond donors (Lipinski definition) is 0. The molecule has 0 unspecified atom stereocenters. The first kappa shape index (κ1) is 19.3. The summed E-state index contributed by atoms with van der Waals surface area (Å²) < 4.78 is 1.41. The Balaban J connectivity index is 2.01. The molecule has 2 aromatic carbocycles. The summed E-state index contributed by atoms with van der Waals surface area (Å²) in [5.41, 5.74) is 1.04. The highest BCUT2D eigenvalue weighted by molar-refractivity contribution is 9.07. The topological polar surface area (TPSA) is 57.7 Å². The number of imide groups is 1. The Morgan fingerprint density at radius 1 is 0.963 bits per heavy atom. The smallest absolute Gasteiger partial charge is 0.262 e. The summed E-state index contributed by atoms with van der Waals surface area (Å²) in [5, 5.41) is 0. The quantitative estimate of drug-likeness (QED) is 0.549. The summed E-state index contributed by atoms with van der Waals surface area (Å²) in [6, 6.07) is 15.1. The van der Waals surface area contributed by atoms with E-state index < -0.39 is 23.4 Å². The predicted octanol–water partition coefficient (Wildman–Crippen LogP) is 3.83. The van der Waals surface area contributed by atoms with Crippen molar-refractivity contribution in [2.45, 2.75) is 38.8 Å². The molecule has 0 bridgehead atoms. The molecule has 2 aromatic rings. The zero-order valence-electron chi connectivity index (χ0n) is 15.5. The van der Waals surface area contributed by atoms with E-state index in [1.165, 1.54) is 3.93 Å². The van der Waals surface area contributed by atoms with E-state index in [9.17, 15) is 14.4 Å². The van der Waals surface area contributed by atoms with E-state index in [-0.39, 0.29) is 12.3 Å². The van der Waals surface area contributed by atoms with Gasteiger partial charge in [0.2, 0.25) is 0 Å². The Bertz CT molecular complexity index is 855. The normalized spacial score (nSPS) is 14.9. The number of amides is 3. The van der Waals surface area contributed by atoms with Gasteiger partial charge in [-0.25, -0.2) is 0 Å². The van der Waals surface area contributed by atoms with Crippen molar-refractivity contribution in [1.82, 2.24) is 8.83 Å². The minimum Gasteiger partial charge on any atom is -0.272 e. The van der Waals surface area contributed by atoms with E-state index in [0.29, 0.717) is 11.1 Å². The predicted molar refractivity (Wildman–Crippen MR) is 106 cm³/mol. The molecule has 27 heavy (non-hydrogen) atoms. The lowest BCUT2D eigenvalue weighted by Crippen LogP contribution is -2.53. The van der Waals surface area contributed by atoms with Crippen molar-refractivity contribution < 1.29 is 14.4 Å². The van der Waals surface area contributed by atoms with Crippen LogP contribution in [0, 0.1) is 0 Å². The van der Waals surface area contributed by atoms with Gasteiger partial charge < -0.3 is 0 Å². The number of fused-ring (bicyclic) bond motifs is 1. The molecule has 6 heteroatoms. The number of benzene rings is 2. The average molecular weight is 429 g/mol. The Labute approximate surface area is 167 Å². The van der Waals surface area contributed by atoms with Crippen molar-refractivity contribution in [3.63, 3.8) is 0 Å². The molecule has 0 fully saturated rings. The van der Waals surface area contributed by atoms with Crippen molar-refractivity contribution >= 4 is 33.9 Å². The van der Waals surface area contributed by atoms with Gasteiger partial charge in [-0.05, 0) is 38.5 Å². The fourth-order valence-corrected chi connectivity index (χ4v) is 3.32. The van der Waals surface area contributed by atoms with Gasteiger partial charge in [-0.15, -0.1) is 0 Å². The van der Waals surface area contributed by atoms with Crippen LogP contribution in [0.25, 0.3) is 0 Å². The van der Waals surface area contributed by atoms with Gasteiger partial charge in [0.1, 0.15) is 6.04 Å². The monoisotopic (exact) mass is 428 g/mol. The SMILES string of the molecule is CC(C)(C)N(Br)C(=O)[C@H](Cc1ccccc1)N1C(=O)c2ccccc2C1=O. The Morgan fingerprint density at radius 2 is 1.44 bits per heavy atom. The lowest BCUT2D eigenvalue weighted by molar-refractivity contribution is -0.132. The van der Waals surface area contributed by atoms with Crippen molar-refractivity contribution in [1.29, 1.82) is 0 Å². The number of nitrogens with zero attached hydrogens (tertiary/aromatic N) is 2. The molecule has 0 spiro atoms. The zero-order valence-corrected chi connectivity index (χ0v) is 17.1. The second-order valence-electron chi connectivity index (χ2n) is 7.52. The van der Waals surface area contributed by atoms with Crippen molar-refractivity contribution in [3.05, 3.63) is 71.3 Å². The fraction of sp³-hybridized carbons (Fsp3) is 0.286. The summed E-state index contributed by atoms with van der Waals surface area (Å²) in [5.74, 6) is -1.19. The van der Waals surface area contributed by atoms with Crippen LogP contribution in [-0.4, -0.2) is 38.1 Å². The van der Waals surface area contributed by atoms with Gasteiger partial charge in [0.25, 0.3) is 17.7 Å². The Kier molecular flexibility index (Phi) is 5.20. The minimum absolute atomic E-state index is 0.253. The summed E-state index contributed by atoms with van der Waals surface area (Å²) in [4.78, 5) is 40.2. The number of halogens is 1. The van der Waals surface area contributed by atoms with Crippen molar-refractivity contribution in [2.24, 2.45) is 0 Å². The minimum atomic E-state index is -0.932. The molecule has 0 radical (unpaired) electrons. The summed E-state index contributed by atoms with van der Waals surface area (Å²) in [6.07, 6.45) is 0.253. The van der Waals surface area contributed by atoms with E-state index >= 15 is 0 Å². The number of carbonyl (C=O) groups excluding carboxylic acids is 3. The second kappa shape index (κ2) is 7.27. The van der Waals surface area contributed by atoms with Gasteiger partial charge in [-0.2, -0.15) is 0 Å². The first-order chi connectivity index (χ1) is 12.7. The maximum absolute atomic E-state index is 13.3. The fourth-order valence-electron chi connectivity index (χ4n) is 3.08. The van der Waals surface area contributed by atoms with Crippen molar-refractivity contribution in [3.8, 4) is 0 Å². The molecule has 3 amide bonds. The van der Waals surface area contributed by atoms with Crippen LogP contribution in [0.5, 0.6) is 0 Å². The molecule has 1 aliphatic rings. The van der Waals surface area contributed by atoms with Gasteiger partial charge in [0.15, 0.2) is 0 Å². The molecule has 1 atom stereocenters. The van der Waals surface area contributed by atoms with Crippen LogP contribution in [0.15, 0.2) is 54.6 Å². The van der Waals surface area contributed by atoms with Crippen LogP contribution in [0.3, 0.4) is 0 Å². The molecular weight excluding hydrogens is 408 g/mol. The third kappa shape index (κ3) is 3.67. The first-order valence-electron chi connectivity index (χ1n) is 8.72. The highest BCUT2D eigenvalue weighted by Gasteiger charge is 2.44. The number of hydrogen-bond acceptors (Lipinski definition) is 3. The summed E-state index contributed by atoms with van der Waals surface area (Å²) >= 11 is 3.33. The number of carbonyl (C=O) groups is 3. The van der Waals surface area contributed by atoms with E-state index in [0.717, 1.165) is 10.5 Å². The highest BCUT2D eigenvalue weighted by atomic mass is 79.9. The molecule has 0 aromatic heterocycles. The Morgan fingerprint density at radius 3 is 1.93 bits per heavy atom. The maximum atomic E-state index is 13.3. The van der Waals surface area contributed by atoms with Gasteiger partial charge in [0.05, 0.1) is 27.3 Å². The van der Waals surface area contributed by atoms with Crippen LogP contribution in [-0.2, 0) is 11.2 Å². The average Bonchev–Trinajstić information content (AvgIpc) is 2.90. The summed E-state index contributed by atoms with van der Waals surface area (Å²) in [6.45, 7) is 5.63. The molecule has 0 N–H and O–H groups in total. The molecular formula is C21H21BrN2O3. The third-order valence-corrected chi connectivity index (χ3v) is 5.89. The van der Waals surface area contributed by atoms with Crippen molar-refractivity contribution in [2.75, 3.05) is 0 Å². The maximum Gasteiger partial charge on any atom is 0.262 e. The molecule has 140 valence electrons. The van der Waals surface area contributed by atoms with E-state index in [1.807, 2.05) is 51.1 Å². The van der Waals surface area contributed by atoms with Gasteiger partial charge in [0, 0.05) is 12.0 Å². The van der Waals surface area contributed by atoms with E-state index in [4.69, 9.17) is 0 Å². The first-order valence-corrected chi connectivity index (χ1v) is 9.43. The molecule has 0 aliphatic carbocycles. The second-order valence-corrected chi connectivity index (χ2v) is 8.23. The molecule has 5 nitrogen and oxygen atoms in total. The lowest BCUT2D eigenvalue weighted by atomic mass is 10.0.